The summed E-state index contributed by atoms with van der Waals surface area (Å²) in [5, 5.41) is 3.22. The van der Waals surface area contributed by atoms with E-state index in [1.807, 2.05) is 0 Å². The molecule has 0 aliphatic carbocycles. The quantitative estimate of drug-likeness (QED) is 0.602. The van der Waals surface area contributed by atoms with E-state index in [4.69, 9.17) is 23.2 Å². The molecule has 2 aromatic carbocycles. The fourth-order valence-corrected chi connectivity index (χ4v) is 3.41. The Hall–Kier alpha value is -2.96. The molecule has 1 amide bonds. The fraction of sp³-hybridized carbons (Fsp3) is 0. The van der Waals surface area contributed by atoms with Crippen molar-refractivity contribution < 1.29 is 14.0 Å². The number of aldehydes is 1. The Labute approximate surface area is 177 Å². The molecule has 0 aromatic heterocycles. The van der Waals surface area contributed by atoms with E-state index >= 15 is 0 Å². The minimum Gasteiger partial charge on any atom is -0.313 e. The van der Waals surface area contributed by atoms with Gasteiger partial charge in [0.05, 0.1) is 5.02 Å². The lowest BCUT2D eigenvalue weighted by Crippen LogP contribution is -2.19. The minimum absolute atomic E-state index is 0.236. The number of benzene rings is 2. The van der Waals surface area contributed by atoms with Crippen molar-refractivity contribution in [1.29, 1.82) is 0 Å². The number of halogens is 3. The zero-order chi connectivity index (χ0) is 21.0. The van der Waals surface area contributed by atoms with Crippen molar-refractivity contribution in [2.75, 3.05) is 0 Å². The number of amides is 1. The third-order valence-electron chi connectivity index (χ3n) is 4.26. The number of carbonyl (C=O) groups is 2. The maximum absolute atomic E-state index is 14.0. The molecule has 0 atom stereocenters. The Kier molecular flexibility index (Phi) is 6.47. The number of amidine groups is 1. The first-order valence-electron chi connectivity index (χ1n) is 8.52. The molecule has 1 N–H and O–H groups in total. The summed E-state index contributed by atoms with van der Waals surface area (Å²) in [4.78, 5) is 26.1. The molecule has 1 aliphatic heterocycles. The number of carbonyl (C=O) groups excluding carboxylic acids is 2. The molecule has 1 heterocycles. The molecular weight excluding hydrogens is 413 g/mol. The number of allylic oxidation sites excluding steroid dienone is 4. The minimum atomic E-state index is -0.418. The van der Waals surface area contributed by atoms with Crippen LogP contribution in [0.15, 0.2) is 65.3 Å². The van der Waals surface area contributed by atoms with Crippen molar-refractivity contribution in [3.63, 3.8) is 0 Å². The molecule has 0 fully saturated rings. The molecule has 1 aliphatic rings. The van der Waals surface area contributed by atoms with Crippen LogP contribution < -0.4 is 10.8 Å². The highest BCUT2D eigenvalue weighted by atomic mass is 35.5. The van der Waals surface area contributed by atoms with Crippen molar-refractivity contribution in [3.05, 3.63) is 81.8 Å². The van der Waals surface area contributed by atoms with Gasteiger partial charge >= 0.3 is 0 Å². The topological polar surface area (TPSA) is 58.5 Å². The molecule has 0 bridgehead atoms. The van der Waals surface area contributed by atoms with Crippen molar-refractivity contribution in [2.45, 2.75) is 0 Å². The molecule has 0 saturated heterocycles. The zero-order valence-corrected chi connectivity index (χ0v) is 16.8. The van der Waals surface area contributed by atoms with E-state index in [-0.39, 0.29) is 5.84 Å². The summed E-state index contributed by atoms with van der Waals surface area (Å²) >= 11 is 13.1. The van der Waals surface area contributed by atoms with Gasteiger partial charge in [-0.1, -0.05) is 52.9 Å². The second-order valence-electron chi connectivity index (χ2n) is 6.21. The van der Waals surface area contributed by atoms with E-state index in [0.717, 1.165) is 0 Å². The van der Waals surface area contributed by atoms with Gasteiger partial charge in [0.25, 0.3) is 0 Å². The summed E-state index contributed by atoms with van der Waals surface area (Å²) in [6, 6.07) is 7.96. The van der Waals surface area contributed by atoms with Crippen LogP contribution in [-0.4, -0.2) is 26.4 Å². The predicted octanol–water partition coefficient (Wildman–Crippen LogP) is 3.24. The Morgan fingerprint density at radius 1 is 1.03 bits per heavy atom. The first-order chi connectivity index (χ1) is 13.9. The second kappa shape index (κ2) is 9.03. The van der Waals surface area contributed by atoms with Crippen LogP contribution in [0.5, 0.6) is 0 Å². The lowest BCUT2D eigenvalue weighted by molar-refractivity contribution is -0.108. The Balaban J connectivity index is 2.18. The smallest absolute Gasteiger partial charge is 0.212 e. The standard InChI is InChI=1S/C21H14BCl2FN2O2/c22-18-8-14(25)7-17(21(18)24)16-3-1-2-15(20(16)23)13-5-4-12(10-28)9-26-19(6-13)27-11-29/h1-11H,22H2,(H,26,27,29). The summed E-state index contributed by atoms with van der Waals surface area (Å²) in [5.41, 5.74) is 3.14. The number of nitrogens with zero attached hydrogens (tertiary/aromatic N) is 1. The third-order valence-corrected chi connectivity index (χ3v) is 5.17. The SMILES string of the molecule is Bc1cc(F)cc(-c2cccc(C3=C/C(NC=O)=N/C=C(C=O)\C=C\3)c2Cl)c1Cl. The average molecular weight is 427 g/mol. The molecule has 0 radical (unpaired) electrons. The number of hydrogen-bond donors (Lipinski definition) is 1. The largest absolute Gasteiger partial charge is 0.313 e. The normalized spacial score (nSPS) is 20.0. The number of aliphatic imine (C=N–C) groups is 1. The van der Waals surface area contributed by atoms with Gasteiger partial charge in [-0.2, -0.15) is 0 Å². The van der Waals surface area contributed by atoms with Crippen LogP contribution in [0, 0.1) is 5.82 Å². The predicted molar refractivity (Wildman–Crippen MR) is 118 cm³/mol. The highest BCUT2D eigenvalue weighted by Crippen LogP contribution is 2.37. The van der Waals surface area contributed by atoms with Crippen molar-refractivity contribution >= 4 is 60.6 Å². The van der Waals surface area contributed by atoms with E-state index in [1.165, 1.54) is 18.3 Å². The average Bonchev–Trinajstić information content (AvgIpc) is 2.68. The van der Waals surface area contributed by atoms with Crippen LogP contribution in [0.2, 0.25) is 10.0 Å². The first kappa shape index (κ1) is 20.8. The van der Waals surface area contributed by atoms with Crippen molar-refractivity contribution in [2.24, 2.45) is 4.99 Å². The highest BCUT2D eigenvalue weighted by Gasteiger charge is 2.16. The Bertz CT molecular complexity index is 1120. The molecule has 3 rings (SSSR count). The summed E-state index contributed by atoms with van der Waals surface area (Å²) in [6.45, 7) is 0. The molecule has 29 heavy (non-hydrogen) atoms. The fourth-order valence-electron chi connectivity index (χ4n) is 2.87. The van der Waals surface area contributed by atoms with Gasteiger partial charge in [-0.15, -0.1) is 0 Å². The summed E-state index contributed by atoms with van der Waals surface area (Å²) in [6.07, 6.45) is 7.37. The van der Waals surface area contributed by atoms with Crippen molar-refractivity contribution in [3.8, 4) is 11.1 Å². The molecule has 8 heteroatoms. The van der Waals surface area contributed by atoms with Crippen LogP contribution in [0.1, 0.15) is 5.56 Å². The monoisotopic (exact) mass is 426 g/mol. The van der Waals surface area contributed by atoms with Crippen LogP contribution in [0.4, 0.5) is 4.39 Å². The summed E-state index contributed by atoms with van der Waals surface area (Å²) in [7, 11) is 1.72. The maximum atomic E-state index is 14.0. The van der Waals surface area contributed by atoms with Crippen LogP contribution in [-0.2, 0) is 9.59 Å². The van der Waals surface area contributed by atoms with Gasteiger partial charge < -0.3 is 5.32 Å². The van der Waals surface area contributed by atoms with E-state index in [9.17, 15) is 14.0 Å². The van der Waals surface area contributed by atoms with Gasteiger partial charge in [-0.25, -0.2) is 9.38 Å². The van der Waals surface area contributed by atoms with Gasteiger partial charge in [0.15, 0.2) is 6.29 Å². The number of nitrogens with one attached hydrogen (secondary N) is 1. The number of hydrogen-bond acceptors (Lipinski definition) is 3. The van der Waals surface area contributed by atoms with Gasteiger partial charge in [0.2, 0.25) is 6.41 Å². The zero-order valence-electron chi connectivity index (χ0n) is 15.2. The van der Waals surface area contributed by atoms with Crippen LogP contribution in [0.25, 0.3) is 16.7 Å². The van der Waals surface area contributed by atoms with Gasteiger partial charge in [-0.05, 0) is 29.9 Å². The van der Waals surface area contributed by atoms with Crippen LogP contribution in [0.3, 0.4) is 0 Å². The Morgan fingerprint density at radius 2 is 1.79 bits per heavy atom. The molecule has 4 nitrogen and oxygen atoms in total. The lowest BCUT2D eigenvalue weighted by atomic mass is 9.90. The van der Waals surface area contributed by atoms with Crippen molar-refractivity contribution in [1.82, 2.24) is 5.32 Å². The van der Waals surface area contributed by atoms with Gasteiger partial charge in [0.1, 0.15) is 19.5 Å². The summed E-state index contributed by atoms with van der Waals surface area (Å²) in [5.74, 6) is -0.182. The highest BCUT2D eigenvalue weighted by molar-refractivity contribution is 6.47. The van der Waals surface area contributed by atoms with E-state index in [1.54, 1.807) is 44.3 Å². The molecule has 0 unspecified atom stereocenters. The summed E-state index contributed by atoms with van der Waals surface area (Å²) < 4.78 is 14.0. The van der Waals surface area contributed by atoms with Crippen LogP contribution >= 0.6 is 23.2 Å². The van der Waals surface area contributed by atoms with E-state index in [2.05, 4.69) is 10.3 Å². The van der Waals surface area contributed by atoms with E-state index < -0.39 is 5.82 Å². The number of rotatable bonds is 4. The van der Waals surface area contributed by atoms with Gasteiger partial charge in [-0.3, -0.25) is 9.59 Å². The maximum Gasteiger partial charge on any atom is 0.212 e. The molecule has 0 saturated carbocycles. The molecule has 144 valence electrons. The van der Waals surface area contributed by atoms with E-state index in [0.29, 0.717) is 56.0 Å². The first-order valence-corrected chi connectivity index (χ1v) is 9.28. The molecular formula is C21H14BCl2FN2O2. The Morgan fingerprint density at radius 3 is 2.52 bits per heavy atom. The van der Waals surface area contributed by atoms with Gasteiger partial charge in [0, 0.05) is 33.5 Å². The molecule has 0 spiro atoms. The third kappa shape index (κ3) is 4.55. The lowest BCUT2D eigenvalue weighted by Gasteiger charge is -2.14. The second-order valence-corrected chi connectivity index (χ2v) is 6.96. The molecule has 2 aromatic rings.